The number of hydrogen-bond acceptors (Lipinski definition) is 2. The van der Waals surface area contributed by atoms with E-state index in [0.717, 1.165) is 31.2 Å². The topological polar surface area (TPSA) is 43.0 Å². The van der Waals surface area contributed by atoms with Crippen LogP contribution in [-0.2, 0) is 6.54 Å². The zero-order chi connectivity index (χ0) is 11.7. The van der Waals surface area contributed by atoms with E-state index in [-0.39, 0.29) is 0 Å². The smallest absolute Gasteiger partial charge is 0.0481 e. The van der Waals surface area contributed by atoms with Gasteiger partial charge < -0.3 is 15.6 Å². The van der Waals surface area contributed by atoms with Crippen molar-refractivity contribution >= 4 is 16.6 Å². The molecular weight excluding hydrogens is 210 g/mol. The molecule has 2 heterocycles. The van der Waals surface area contributed by atoms with Crippen molar-refractivity contribution in [1.29, 1.82) is 0 Å². The van der Waals surface area contributed by atoms with Crippen LogP contribution in [0, 0.1) is 5.92 Å². The minimum Gasteiger partial charge on any atom is -0.399 e. The second kappa shape index (κ2) is 4.41. The van der Waals surface area contributed by atoms with Gasteiger partial charge in [-0.15, -0.1) is 0 Å². The largest absolute Gasteiger partial charge is 0.399 e. The average Bonchev–Trinajstić information content (AvgIpc) is 2.73. The minimum atomic E-state index is 0.810. The molecule has 1 aliphatic heterocycles. The molecule has 1 aromatic heterocycles. The molecule has 1 saturated heterocycles. The molecule has 90 valence electrons. The molecule has 0 radical (unpaired) electrons. The summed E-state index contributed by atoms with van der Waals surface area (Å²) in [5, 5.41) is 4.66. The summed E-state index contributed by atoms with van der Waals surface area (Å²) in [7, 11) is 0. The Balaban J connectivity index is 1.84. The third-order valence-corrected chi connectivity index (χ3v) is 3.71. The predicted octanol–water partition coefficient (Wildman–Crippen LogP) is 2.22. The molecule has 2 aromatic rings. The lowest BCUT2D eigenvalue weighted by molar-refractivity contribution is 0.337. The number of rotatable bonds is 2. The van der Waals surface area contributed by atoms with Crippen LogP contribution in [0.3, 0.4) is 0 Å². The number of fused-ring (bicyclic) bond motifs is 1. The Morgan fingerprint density at radius 3 is 2.88 bits per heavy atom. The summed E-state index contributed by atoms with van der Waals surface area (Å²) < 4.78 is 2.37. The van der Waals surface area contributed by atoms with E-state index in [4.69, 9.17) is 5.73 Å². The van der Waals surface area contributed by atoms with Crippen LogP contribution in [-0.4, -0.2) is 17.7 Å². The van der Waals surface area contributed by atoms with Gasteiger partial charge >= 0.3 is 0 Å². The molecule has 3 nitrogen and oxygen atoms in total. The maximum atomic E-state index is 5.80. The molecule has 0 bridgehead atoms. The second-order valence-electron chi connectivity index (χ2n) is 4.98. The Labute approximate surface area is 102 Å². The van der Waals surface area contributed by atoms with Crippen LogP contribution in [0.2, 0.25) is 0 Å². The first kappa shape index (κ1) is 10.7. The fourth-order valence-corrected chi connectivity index (χ4v) is 2.72. The Hall–Kier alpha value is -1.48. The highest BCUT2D eigenvalue weighted by molar-refractivity contribution is 5.83. The highest BCUT2D eigenvalue weighted by Gasteiger charge is 2.14. The van der Waals surface area contributed by atoms with Crippen LogP contribution in [0.1, 0.15) is 12.8 Å². The van der Waals surface area contributed by atoms with Crippen molar-refractivity contribution < 1.29 is 0 Å². The van der Waals surface area contributed by atoms with Crippen LogP contribution >= 0.6 is 0 Å². The molecule has 17 heavy (non-hydrogen) atoms. The summed E-state index contributed by atoms with van der Waals surface area (Å²) in [6.45, 7) is 3.46. The number of nitrogens with one attached hydrogen (secondary N) is 1. The van der Waals surface area contributed by atoms with Gasteiger partial charge in [0.25, 0.3) is 0 Å². The number of nitrogens with two attached hydrogens (primary N) is 1. The van der Waals surface area contributed by atoms with Crippen molar-refractivity contribution in [2.45, 2.75) is 19.4 Å². The molecule has 3 heteroatoms. The Morgan fingerprint density at radius 2 is 2.06 bits per heavy atom. The Bertz CT molecular complexity index is 509. The first-order valence-electron chi connectivity index (χ1n) is 6.38. The van der Waals surface area contributed by atoms with E-state index in [1.54, 1.807) is 0 Å². The number of nitrogen functional groups attached to an aromatic ring is 1. The van der Waals surface area contributed by atoms with E-state index in [0.29, 0.717) is 0 Å². The fraction of sp³-hybridized carbons (Fsp3) is 0.429. The van der Waals surface area contributed by atoms with Gasteiger partial charge in [-0.25, -0.2) is 0 Å². The lowest BCUT2D eigenvalue weighted by atomic mass is 9.98. The lowest BCUT2D eigenvalue weighted by Gasteiger charge is -2.23. The van der Waals surface area contributed by atoms with E-state index in [9.17, 15) is 0 Å². The van der Waals surface area contributed by atoms with E-state index in [1.807, 2.05) is 12.1 Å². The Morgan fingerprint density at radius 1 is 1.24 bits per heavy atom. The van der Waals surface area contributed by atoms with Crippen molar-refractivity contribution in [1.82, 2.24) is 9.88 Å². The number of aromatic nitrogens is 1. The zero-order valence-corrected chi connectivity index (χ0v) is 10.0. The van der Waals surface area contributed by atoms with E-state index in [2.05, 4.69) is 28.2 Å². The first-order valence-corrected chi connectivity index (χ1v) is 6.38. The number of hydrogen-bond donors (Lipinski definition) is 2. The molecule has 0 aliphatic carbocycles. The molecule has 0 saturated carbocycles. The summed E-state index contributed by atoms with van der Waals surface area (Å²) in [5.74, 6) is 0.810. The molecule has 0 unspecified atom stereocenters. The minimum absolute atomic E-state index is 0.810. The maximum Gasteiger partial charge on any atom is 0.0481 e. The van der Waals surface area contributed by atoms with Crippen LogP contribution in [0.15, 0.2) is 30.5 Å². The summed E-state index contributed by atoms with van der Waals surface area (Å²) in [4.78, 5) is 0. The van der Waals surface area contributed by atoms with Crippen molar-refractivity contribution in [3.8, 4) is 0 Å². The standard InChI is InChI=1S/C14H19N3/c15-13-1-2-14-12(9-13)5-8-17(14)10-11-3-6-16-7-4-11/h1-2,5,8-9,11,16H,3-4,6-7,10,15H2. The SMILES string of the molecule is Nc1ccc2c(ccn2CC2CCNCC2)c1. The average molecular weight is 229 g/mol. The molecule has 1 aliphatic rings. The molecule has 1 aromatic carbocycles. The van der Waals surface area contributed by atoms with E-state index in [1.165, 1.54) is 23.7 Å². The highest BCUT2D eigenvalue weighted by atomic mass is 15.0. The molecule has 3 rings (SSSR count). The molecule has 0 spiro atoms. The maximum absolute atomic E-state index is 5.80. The van der Waals surface area contributed by atoms with Crippen molar-refractivity contribution in [2.24, 2.45) is 5.92 Å². The third kappa shape index (κ3) is 2.15. The van der Waals surface area contributed by atoms with Gasteiger partial charge in [0.2, 0.25) is 0 Å². The number of piperidine rings is 1. The predicted molar refractivity (Wildman–Crippen MR) is 71.9 cm³/mol. The number of anilines is 1. The van der Waals surface area contributed by atoms with Gasteiger partial charge in [-0.3, -0.25) is 0 Å². The van der Waals surface area contributed by atoms with Crippen LogP contribution in [0.4, 0.5) is 5.69 Å². The monoisotopic (exact) mass is 229 g/mol. The number of benzene rings is 1. The molecular formula is C14H19N3. The van der Waals surface area contributed by atoms with Gasteiger partial charge in [0.05, 0.1) is 0 Å². The fourth-order valence-electron chi connectivity index (χ4n) is 2.72. The van der Waals surface area contributed by atoms with Gasteiger partial charge in [0.1, 0.15) is 0 Å². The molecule has 1 fully saturated rings. The quantitative estimate of drug-likeness (QED) is 0.775. The van der Waals surface area contributed by atoms with Gasteiger partial charge in [0, 0.05) is 29.3 Å². The highest BCUT2D eigenvalue weighted by Crippen LogP contribution is 2.22. The van der Waals surface area contributed by atoms with E-state index >= 15 is 0 Å². The zero-order valence-electron chi connectivity index (χ0n) is 10.0. The molecule has 0 amide bonds. The van der Waals surface area contributed by atoms with Crippen molar-refractivity contribution in [3.05, 3.63) is 30.5 Å². The van der Waals surface area contributed by atoms with E-state index < -0.39 is 0 Å². The summed E-state index contributed by atoms with van der Waals surface area (Å²) in [5.41, 5.74) is 7.95. The Kier molecular flexibility index (Phi) is 2.77. The summed E-state index contributed by atoms with van der Waals surface area (Å²) in [6, 6.07) is 8.33. The van der Waals surface area contributed by atoms with Crippen molar-refractivity contribution in [2.75, 3.05) is 18.8 Å². The van der Waals surface area contributed by atoms with Gasteiger partial charge in [-0.2, -0.15) is 0 Å². The summed E-state index contributed by atoms with van der Waals surface area (Å²) >= 11 is 0. The molecule has 3 N–H and O–H groups in total. The summed E-state index contributed by atoms with van der Waals surface area (Å²) in [6.07, 6.45) is 4.76. The van der Waals surface area contributed by atoms with Gasteiger partial charge in [-0.05, 0) is 56.1 Å². The normalized spacial score (nSPS) is 17.6. The third-order valence-electron chi connectivity index (χ3n) is 3.71. The lowest BCUT2D eigenvalue weighted by Crippen LogP contribution is -2.29. The van der Waals surface area contributed by atoms with Crippen LogP contribution in [0.25, 0.3) is 10.9 Å². The van der Waals surface area contributed by atoms with Crippen LogP contribution < -0.4 is 11.1 Å². The first-order chi connectivity index (χ1) is 8.33. The second-order valence-corrected chi connectivity index (χ2v) is 4.98. The van der Waals surface area contributed by atoms with Gasteiger partial charge in [-0.1, -0.05) is 0 Å². The van der Waals surface area contributed by atoms with Crippen molar-refractivity contribution in [3.63, 3.8) is 0 Å². The molecule has 0 atom stereocenters. The van der Waals surface area contributed by atoms with Crippen LogP contribution in [0.5, 0.6) is 0 Å². The van der Waals surface area contributed by atoms with Gasteiger partial charge in [0.15, 0.2) is 0 Å². The number of nitrogens with zero attached hydrogens (tertiary/aromatic N) is 1.